The minimum atomic E-state index is -0.765. The summed E-state index contributed by atoms with van der Waals surface area (Å²) in [6.07, 6.45) is 4.28. The van der Waals surface area contributed by atoms with Gasteiger partial charge in [-0.2, -0.15) is 5.10 Å². The van der Waals surface area contributed by atoms with Gasteiger partial charge in [0.2, 0.25) is 0 Å². The molecule has 0 bridgehead atoms. The number of nitrogens with one attached hydrogen (secondary N) is 1. The molecule has 1 amide bonds. The number of rotatable bonds is 8. The maximum absolute atomic E-state index is 12.0. The molecule has 1 rings (SSSR count). The van der Waals surface area contributed by atoms with Gasteiger partial charge in [0.1, 0.15) is 0 Å². The van der Waals surface area contributed by atoms with Gasteiger partial charge in [0, 0.05) is 26.2 Å². The highest BCUT2D eigenvalue weighted by Gasteiger charge is 2.13. The largest absolute Gasteiger partial charge is 0.481 e. The van der Waals surface area contributed by atoms with Gasteiger partial charge in [-0.05, 0) is 25.7 Å². The van der Waals surface area contributed by atoms with Gasteiger partial charge in [-0.25, -0.2) is 0 Å². The Labute approximate surface area is 119 Å². The van der Waals surface area contributed by atoms with E-state index in [1.165, 1.54) is 0 Å². The minimum absolute atomic E-state index is 0.122. The first-order valence-electron chi connectivity index (χ1n) is 6.94. The third kappa shape index (κ3) is 5.03. The number of hydrogen-bond acceptors (Lipinski definition) is 3. The Hall–Kier alpha value is -1.85. The number of aryl methyl sites for hydroxylation is 2. The first kappa shape index (κ1) is 16.2. The van der Waals surface area contributed by atoms with Crippen molar-refractivity contribution in [2.75, 3.05) is 6.54 Å². The van der Waals surface area contributed by atoms with E-state index in [0.717, 1.165) is 12.8 Å². The second kappa shape index (κ2) is 7.67. The summed E-state index contributed by atoms with van der Waals surface area (Å²) in [5.74, 6) is -0.552. The number of carboxylic acids is 1. The maximum Gasteiger partial charge on any atom is 0.303 e. The zero-order chi connectivity index (χ0) is 15.1. The Morgan fingerprint density at radius 1 is 1.45 bits per heavy atom. The molecule has 0 fully saturated rings. The summed E-state index contributed by atoms with van der Waals surface area (Å²) in [4.78, 5) is 22.5. The zero-order valence-corrected chi connectivity index (χ0v) is 12.3. The van der Waals surface area contributed by atoms with Crippen LogP contribution in [0.2, 0.25) is 0 Å². The lowest BCUT2D eigenvalue weighted by Crippen LogP contribution is -2.26. The first-order valence-corrected chi connectivity index (χ1v) is 6.94. The summed E-state index contributed by atoms with van der Waals surface area (Å²) in [6.45, 7) is 4.40. The van der Waals surface area contributed by atoms with E-state index in [9.17, 15) is 9.59 Å². The molecule has 0 saturated carbocycles. The van der Waals surface area contributed by atoms with Crippen LogP contribution < -0.4 is 5.32 Å². The number of carbonyl (C=O) groups is 2. The number of carboxylic acid groups (broad SMARTS) is 1. The van der Waals surface area contributed by atoms with Crippen LogP contribution in [0.5, 0.6) is 0 Å². The molecule has 6 nitrogen and oxygen atoms in total. The fourth-order valence-corrected chi connectivity index (χ4v) is 2.19. The minimum Gasteiger partial charge on any atom is -0.481 e. The van der Waals surface area contributed by atoms with Gasteiger partial charge in [-0.15, -0.1) is 0 Å². The smallest absolute Gasteiger partial charge is 0.303 e. The molecule has 2 N–H and O–H groups in total. The molecular weight excluding hydrogens is 258 g/mol. The predicted molar refractivity (Wildman–Crippen MR) is 75.5 cm³/mol. The van der Waals surface area contributed by atoms with Crippen LogP contribution in [0.1, 0.15) is 48.7 Å². The molecule has 0 aliphatic rings. The van der Waals surface area contributed by atoms with Gasteiger partial charge in [-0.1, -0.05) is 13.3 Å². The third-order valence-electron chi connectivity index (χ3n) is 3.44. The number of aliphatic carboxylic acids is 1. The van der Waals surface area contributed by atoms with Crippen LogP contribution in [0.25, 0.3) is 0 Å². The summed E-state index contributed by atoms with van der Waals surface area (Å²) in [7, 11) is 1.78. The fourth-order valence-electron chi connectivity index (χ4n) is 2.19. The van der Waals surface area contributed by atoms with E-state index in [-0.39, 0.29) is 12.3 Å². The number of carbonyl (C=O) groups excluding carboxylic acids is 1. The lowest BCUT2D eigenvalue weighted by molar-refractivity contribution is -0.137. The van der Waals surface area contributed by atoms with Gasteiger partial charge in [0.15, 0.2) is 0 Å². The van der Waals surface area contributed by atoms with Crippen LogP contribution in [-0.4, -0.2) is 33.3 Å². The predicted octanol–water partition coefficient (Wildman–Crippen LogP) is 1.74. The Morgan fingerprint density at radius 2 is 2.15 bits per heavy atom. The van der Waals surface area contributed by atoms with Crippen molar-refractivity contribution >= 4 is 11.9 Å². The number of hydrogen-bond donors (Lipinski definition) is 2. The van der Waals surface area contributed by atoms with Crippen LogP contribution in [0, 0.1) is 12.8 Å². The molecular formula is C14H23N3O3. The molecule has 1 aromatic rings. The van der Waals surface area contributed by atoms with Crippen molar-refractivity contribution in [3.8, 4) is 0 Å². The Bertz CT molecular complexity index is 468. The Morgan fingerprint density at radius 3 is 2.65 bits per heavy atom. The van der Waals surface area contributed by atoms with E-state index < -0.39 is 5.97 Å². The monoisotopic (exact) mass is 281 g/mol. The molecule has 0 saturated heterocycles. The molecule has 0 aromatic carbocycles. The summed E-state index contributed by atoms with van der Waals surface area (Å²) >= 11 is 0. The second-order valence-electron chi connectivity index (χ2n) is 5.05. The highest BCUT2D eigenvalue weighted by atomic mass is 16.4. The van der Waals surface area contributed by atoms with Gasteiger partial charge < -0.3 is 10.4 Å². The van der Waals surface area contributed by atoms with E-state index in [4.69, 9.17) is 5.11 Å². The molecule has 0 radical (unpaired) electrons. The van der Waals surface area contributed by atoms with Crippen LogP contribution in [0.4, 0.5) is 0 Å². The van der Waals surface area contributed by atoms with Gasteiger partial charge >= 0.3 is 5.97 Å². The van der Waals surface area contributed by atoms with E-state index in [1.54, 1.807) is 24.9 Å². The average molecular weight is 281 g/mol. The van der Waals surface area contributed by atoms with Crippen LogP contribution in [0.3, 0.4) is 0 Å². The molecule has 112 valence electrons. The van der Waals surface area contributed by atoms with Crippen LogP contribution in [0.15, 0.2) is 6.20 Å². The highest BCUT2D eigenvalue weighted by Crippen LogP contribution is 2.14. The Balaban J connectivity index is 2.37. The molecule has 1 unspecified atom stereocenters. The summed E-state index contributed by atoms with van der Waals surface area (Å²) in [6, 6.07) is 0. The van der Waals surface area contributed by atoms with Crippen molar-refractivity contribution in [3.05, 3.63) is 17.5 Å². The normalized spacial score (nSPS) is 12.2. The maximum atomic E-state index is 12.0. The quantitative estimate of drug-likeness (QED) is 0.760. The first-order chi connectivity index (χ1) is 9.43. The zero-order valence-electron chi connectivity index (χ0n) is 12.3. The standard InChI is InChI=1S/C14H23N3O3/c1-4-11(5-6-13(18)19)7-8-15-14(20)12-9-17(3)16-10(12)2/h9,11H,4-8H2,1-3H3,(H,15,20)(H,18,19). The van der Waals surface area contributed by atoms with Crippen molar-refractivity contribution in [2.45, 2.75) is 39.5 Å². The lowest BCUT2D eigenvalue weighted by Gasteiger charge is -2.13. The van der Waals surface area contributed by atoms with Crippen molar-refractivity contribution in [3.63, 3.8) is 0 Å². The van der Waals surface area contributed by atoms with E-state index in [0.29, 0.717) is 30.1 Å². The van der Waals surface area contributed by atoms with E-state index >= 15 is 0 Å². The third-order valence-corrected chi connectivity index (χ3v) is 3.44. The number of nitrogens with zero attached hydrogens (tertiary/aromatic N) is 2. The molecule has 0 spiro atoms. The molecule has 1 heterocycles. The van der Waals surface area contributed by atoms with Crippen LogP contribution in [-0.2, 0) is 11.8 Å². The van der Waals surface area contributed by atoms with Crippen molar-refractivity contribution in [1.82, 2.24) is 15.1 Å². The van der Waals surface area contributed by atoms with Crippen molar-refractivity contribution < 1.29 is 14.7 Å². The number of aromatic nitrogens is 2. The van der Waals surface area contributed by atoms with Crippen molar-refractivity contribution in [1.29, 1.82) is 0 Å². The van der Waals surface area contributed by atoms with E-state index in [2.05, 4.69) is 10.4 Å². The molecule has 1 aromatic heterocycles. The number of amides is 1. The highest BCUT2D eigenvalue weighted by molar-refractivity contribution is 5.94. The van der Waals surface area contributed by atoms with Gasteiger partial charge in [-0.3, -0.25) is 14.3 Å². The fraction of sp³-hybridized carbons (Fsp3) is 0.643. The second-order valence-corrected chi connectivity index (χ2v) is 5.05. The molecule has 0 aliphatic heterocycles. The summed E-state index contributed by atoms with van der Waals surface area (Å²) in [5, 5.41) is 15.7. The Kier molecular flexibility index (Phi) is 6.21. The average Bonchev–Trinajstić information content (AvgIpc) is 2.72. The van der Waals surface area contributed by atoms with Crippen molar-refractivity contribution in [2.24, 2.45) is 13.0 Å². The van der Waals surface area contributed by atoms with Crippen LogP contribution >= 0.6 is 0 Å². The molecule has 20 heavy (non-hydrogen) atoms. The molecule has 1 atom stereocenters. The van der Waals surface area contributed by atoms with Gasteiger partial charge in [0.05, 0.1) is 11.3 Å². The summed E-state index contributed by atoms with van der Waals surface area (Å²) < 4.78 is 1.62. The summed E-state index contributed by atoms with van der Waals surface area (Å²) in [5.41, 5.74) is 1.30. The topological polar surface area (TPSA) is 84.2 Å². The molecule has 0 aliphatic carbocycles. The molecule has 6 heteroatoms. The SMILES string of the molecule is CCC(CCNC(=O)c1cn(C)nc1C)CCC(=O)O. The van der Waals surface area contributed by atoms with Gasteiger partial charge in [0.25, 0.3) is 5.91 Å². The van der Waals surface area contributed by atoms with E-state index in [1.807, 2.05) is 6.92 Å². The lowest BCUT2D eigenvalue weighted by atomic mass is 9.96.